The Balaban J connectivity index is 1.59. The molecule has 0 unspecified atom stereocenters. The van der Waals surface area contributed by atoms with Gasteiger partial charge in [-0.05, 0) is 48.6 Å². The van der Waals surface area contributed by atoms with Crippen LogP contribution in [0, 0.1) is 11.7 Å². The molecule has 0 N–H and O–H groups in total. The number of hydrogen-bond donors (Lipinski definition) is 0. The van der Waals surface area contributed by atoms with Gasteiger partial charge < -0.3 is 4.90 Å². The Bertz CT molecular complexity index is 931. The van der Waals surface area contributed by atoms with Crippen molar-refractivity contribution < 1.29 is 17.6 Å². The lowest BCUT2D eigenvalue weighted by Crippen LogP contribution is -2.59. The lowest BCUT2D eigenvalue weighted by atomic mass is 9.87. The van der Waals surface area contributed by atoms with Crippen LogP contribution in [0.25, 0.3) is 0 Å². The highest BCUT2D eigenvalue weighted by Crippen LogP contribution is 2.34. The third-order valence-corrected chi connectivity index (χ3v) is 7.30. The lowest BCUT2D eigenvalue weighted by molar-refractivity contribution is -0.143. The average Bonchev–Trinajstić information content (AvgIpc) is 2.67. The van der Waals surface area contributed by atoms with Gasteiger partial charge in [-0.25, -0.2) is 12.8 Å². The molecule has 27 heavy (non-hydrogen) atoms. The first-order valence-electron chi connectivity index (χ1n) is 9.05. The molecule has 5 nitrogen and oxygen atoms in total. The van der Waals surface area contributed by atoms with E-state index >= 15 is 0 Å². The Kier molecular flexibility index (Phi) is 4.74. The highest BCUT2D eigenvalue weighted by atomic mass is 32.2. The molecule has 2 aliphatic rings. The maximum absolute atomic E-state index is 13.2. The number of carbonyl (C=O) groups is 1. The minimum Gasteiger partial charge on any atom is -0.337 e. The van der Waals surface area contributed by atoms with Gasteiger partial charge in [0.25, 0.3) is 0 Å². The maximum atomic E-state index is 13.2. The van der Waals surface area contributed by atoms with E-state index in [2.05, 4.69) is 0 Å². The summed E-state index contributed by atoms with van der Waals surface area (Å²) in [5, 5.41) is 0. The van der Waals surface area contributed by atoms with E-state index in [1.165, 1.54) is 16.4 Å². The third kappa shape index (κ3) is 3.49. The van der Waals surface area contributed by atoms with Crippen LogP contribution < -0.4 is 0 Å². The van der Waals surface area contributed by atoms with E-state index in [-0.39, 0.29) is 10.8 Å². The molecule has 0 spiro atoms. The first-order valence-corrected chi connectivity index (χ1v) is 10.5. The summed E-state index contributed by atoms with van der Waals surface area (Å²) in [5.74, 6) is -0.341. The van der Waals surface area contributed by atoms with Crippen LogP contribution in [0.2, 0.25) is 0 Å². The van der Waals surface area contributed by atoms with Crippen LogP contribution in [0.4, 0.5) is 4.39 Å². The molecular formula is C20H21FN2O3S. The van der Waals surface area contributed by atoms with Crippen LogP contribution in [-0.2, 0) is 21.4 Å². The standard InChI is InChI=1S/C20H21FN2O3S/c21-17-6-8-18(9-7-17)27(25,26)23-11-10-16-12-19(23)20(24)22(14-16)13-15-4-2-1-3-5-15/h1-9,16,19H,10-14H2/t16-,19+/m0/s1. The number of amides is 1. The van der Waals surface area contributed by atoms with Crippen LogP contribution in [0.5, 0.6) is 0 Å². The number of halogens is 1. The quantitative estimate of drug-likeness (QED) is 0.809. The number of sulfonamides is 1. The molecule has 2 fully saturated rings. The molecule has 0 aromatic heterocycles. The number of carbonyl (C=O) groups excluding carboxylic acids is 1. The van der Waals surface area contributed by atoms with Gasteiger partial charge in [-0.2, -0.15) is 4.31 Å². The molecule has 4 rings (SSSR count). The summed E-state index contributed by atoms with van der Waals surface area (Å²) < 4.78 is 40.6. The lowest BCUT2D eigenvalue weighted by Gasteiger charge is -2.45. The number of rotatable bonds is 4. The summed E-state index contributed by atoms with van der Waals surface area (Å²) in [6, 6.07) is 13.8. The monoisotopic (exact) mass is 388 g/mol. The number of benzene rings is 2. The van der Waals surface area contributed by atoms with E-state index in [0.29, 0.717) is 32.0 Å². The molecule has 1 amide bonds. The summed E-state index contributed by atoms with van der Waals surface area (Å²) in [7, 11) is -3.84. The van der Waals surface area contributed by atoms with Crippen molar-refractivity contribution in [3.63, 3.8) is 0 Å². The molecule has 2 atom stereocenters. The molecule has 0 saturated carbocycles. The molecule has 0 radical (unpaired) electrons. The number of fused-ring (bicyclic) bond motifs is 2. The van der Waals surface area contributed by atoms with Gasteiger partial charge in [0.1, 0.15) is 11.9 Å². The molecule has 2 aromatic carbocycles. The van der Waals surface area contributed by atoms with Crippen molar-refractivity contribution in [2.75, 3.05) is 13.1 Å². The van der Waals surface area contributed by atoms with Gasteiger partial charge in [0.15, 0.2) is 0 Å². The maximum Gasteiger partial charge on any atom is 0.243 e. The van der Waals surface area contributed by atoms with E-state index < -0.39 is 21.9 Å². The average molecular weight is 388 g/mol. The minimum absolute atomic E-state index is 0.0235. The van der Waals surface area contributed by atoms with Crippen molar-refractivity contribution in [2.45, 2.75) is 30.3 Å². The first kappa shape index (κ1) is 18.1. The van der Waals surface area contributed by atoms with Crippen molar-refractivity contribution in [3.05, 3.63) is 66.0 Å². The van der Waals surface area contributed by atoms with Crippen molar-refractivity contribution in [1.82, 2.24) is 9.21 Å². The summed E-state index contributed by atoms with van der Waals surface area (Å²) in [6.07, 6.45) is 1.26. The Hall–Kier alpha value is -2.25. The Morgan fingerprint density at radius 1 is 1.04 bits per heavy atom. The SMILES string of the molecule is O=C1[C@H]2C[C@H](CCN2S(=O)(=O)c2ccc(F)cc2)CN1Cc1ccccc1. The van der Waals surface area contributed by atoms with E-state index in [1.807, 2.05) is 30.3 Å². The summed E-state index contributed by atoms with van der Waals surface area (Å²) in [6.45, 7) is 1.46. The number of likely N-dealkylation sites (tertiary alicyclic amines) is 1. The molecule has 142 valence electrons. The van der Waals surface area contributed by atoms with Crippen LogP contribution in [0.3, 0.4) is 0 Å². The highest BCUT2D eigenvalue weighted by molar-refractivity contribution is 7.89. The topological polar surface area (TPSA) is 57.7 Å². The van der Waals surface area contributed by atoms with Gasteiger partial charge in [-0.1, -0.05) is 30.3 Å². The molecule has 2 bridgehead atoms. The summed E-state index contributed by atoms with van der Waals surface area (Å²) in [4.78, 5) is 14.8. The van der Waals surface area contributed by atoms with E-state index in [4.69, 9.17) is 0 Å². The minimum atomic E-state index is -3.84. The molecule has 7 heteroatoms. The Morgan fingerprint density at radius 2 is 1.74 bits per heavy atom. The van der Waals surface area contributed by atoms with Crippen LogP contribution >= 0.6 is 0 Å². The van der Waals surface area contributed by atoms with Gasteiger partial charge in [-0.3, -0.25) is 4.79 Å². The van der Waals surface area contributed by atoms with Crippen molar-refractivity contribution in [1.29, 1.82) is 0 Å². The molecule has 2 heterocycles. The normalized spacial score (nSPS) is 23.4. The number of piperidine rings is 2. The number of hydrogen-bond acceptors (Lipinski definition) is 3. The van der Waals surface area contributed by atoms with Crippen LogP contribution in [0.15, 0.2) is 59.5 Å². The summed E-state index contributed by atoms with van der Waals surface area (Å²) in [5.41, 5.74) is 1.03. The Labute approximate surface area is 158 Å². The molecule has 2 aromatic rings. The summed E-state index contributed by atoms with van der Waals surface area (Å²) >= 11 is 0. The zero-order valence-corrected chi connectivity index (χ0v) is 15.6. The molecule has 2 aliphatic heterocycles. The van der Waals surface area contributed by atoms with E-state index in [1.54, 1.807) is 4.90 Å². The molecular weight excluding hydrogens is 367 g/mol. The van der Waals surface area contributed by atoms with Gasteiger partial charge >= 0.3 is 0 Å². The van der Waals surface area contributed by atoms with Crippen molar-refractivity contribution in [2.24, 2.45) is 5.92 Å². The highest BCUT2D eigenvalue weighted by Gasteiger charge is 2.45. The predicted octanol–water partition coefficient (Wildman–Crippen LogP) is 2.64. The second kappa shape index (κ2) is 7.05. The smallest absolute Gasteiger partial charge is 0.243 e. The third-order valence-electron chi connectivity index (χ3n) is 5.37. The fraction of sp³-hybridized carbons (Fsp3) is 0.350. The Morgan fingerprint density at radius 3 is 2.44 bits per heavy atom. The zero-order chi connectivity index (χ0) is 19.0. The fourth-order valence-corrected chi connectivity index (χ4v) is 5.60. The molecule has 0 aliphatic carbocycles. The predicted molar refractivity (Wildman–Crippen MR) is 98.7 cm³/mol. The van der Waals surface area contributed by atoms with Gasteiger partial charge in [0.05, 0.1) is 4.90 Å². The largest absolute Gasteiger partial charge is 0.337 e. The second-order valence-corrected chi connectivity index (χ2v) is 9.07. The van der Waals surface area contributed by atoms with E-state index in [9.17, 15) is 17.6 Å². The fourth-order valence-electron chi connectivity index (χ4n) is 3.99. The zero-order valence-electron chi connectivity index (χ0n) is 14.8. The van der Waals surface area contributed by atoms with Gasteiger partial charge in [0.2, 0.25) is 15.9 Å². The van der Waals surface area contributed by atoms with Gasteiger partial charge in [0, 0.05) is 19.6 Å². The van der Waals surface area contributed by atoms with E-state index in [0.717, 1.165) is 24.1 Å². The van der Waals surface area contributed by atoms with Crippen LogP contribution in [0.1, 0.15) is 18.4 Å². The molecule has 2 saturated heterocycles. The second-order valence-electron chi connectivity index (χ2n) is 7.18. The van der Waals surface area contributed by atoms with Gasteiger partial charge in [-0.15, -0.1) is 0 Å². The van der Waals surface area contributed by atoms with Crippen molar-refractivity contribution in [3.8, 4) is 0 Å². The van der Waals surface area contributed by atoms with Crippen molar-refractivity contribution >= 4 is 15.9 Å². The number of nitrogens with zero attached hydrogens (tertiary/aromatic N) is 2. The first-order chi connectivity index (χ1) is 12.9. The van der Waals surface area contributed by atoms with Crippen LogP contribution in [-0.4, -0.2) is 42.7 Å².